The van der Waals surface area contributed by atoms with Gasteiger partial charge in [-0.3, -0.25) is 4.99 Å². The normalized spacial score (nSPS) is 17.4. The smallest absolute Gasteiger partial charge is 0.387 e. The second-order valence-electron chi connectivity index (χ2n) is 6.38. The van der Waals surface area contributed by atoms with Crippen molar-refractivity contribution >= 4 is 23.4 Å². The van der Waals surface area contributed by atoms with Crippen LogP contribution in [-0.2, 0) is 0 Å². The number of para-hydroxylation sites is 2. The summed E-state index contributed by atoms with van der Waals surface area (Å²) in [6, 6.07) is 7.18. The number of hydrogen-bond acceptors (Lipinski definition) is 4. The number of alkyl halides is 2. The van der Waals surface area contributed by atoms with E-state index in [2.05, 4.69) is 31.5 Å². The predicted octanol–water partition coefficient (Wildman–Crippen LogP) is 3.57. The first-order chi connectivity index (χ1) is 13.1. The standard InChI is InChI=1S/C19H30F2N4OS/c1-3-22-19(23-11-6-7-13-27-2)24-15-10-12-25(14-15)16-8-4-5-9-17(16)26-18(20)21/h4-5,8-9,15,18H,3,6-7,10-14H2,1-2H3,(H2,22,23,24). The molecule has 5 nitrogen and oxygen atoms in total. The molecule has 2 rings (SSSR count). The predicted molar refractivity (Wildman–Crippen MR) is 110 cm³/mol. The first-order valence-electron chi connectivity index (χ1n) is 9.46. The van der Waals surface area contributed by atoms with Gasteiger partial charge in [-0.25, -0.2) is 0 Å². The molecule has 0 bridgehead atoms. The van der Waals surface area contributed by atoms with Crippen LogP contribution in [0.15, 0.2) is 29.3 Å². The summed E-state index contributed by atoms with van der Waals surface area (Å²) in [4.78, 5) is 6.73. The van der Waals surface area contributed by atoms with E-state index in [1.54, 1.807) is 12.1 Å². The highest BCUT2D eigenvalue weighted by Crippen LogP contribution is 2.31. The van der Waals surface area contributed by atoms with Crippen molar-refractivity contribution in [3.63, 3.8) is 0 Å². The number of nitrogens with zero attached hydrogens (tertiary/aromatic N) is 2. The molecular formula is C19H30F2N4OS. The first kappa shape index (κ1) is 21.6. The lowest BCUT2D eigenvalue weighted by molar-refractivity contribution is -0.0495. The fourth-order valence-corrected chi connectivity index (χ4v) is 3.57. The molecule has 0 spiro atoms. The Hall–Kier alpha value is -1.70. The maximum absolute atomic E-state index is 12.6. The molecule has 1 unspecified atom stereocenters. The zero-order valence-electron chi connectivity index (χ0n) is 16.1. The number of thioether (sulfide) groups is 1. The lowest BCUT2D eigenvalue weighted by atomic mass is 10.2. The van der Waals surface area contributed by atoms with Crippen molar-refractivity contribution in [2.24, 2.45) is 4.99 Å². The minimum absolute atomic E-state index is 0.216. The van der Waals surface area contributed by atoms with E-state index < -0.39 is 6.61 Å². The zero-order chi connectivity index (χ0) is 19.5. The third-order valence-electron chi connectivity index (χ3n) is 4.32. The Morgan fingerprint density at radius 3 is 2.93 bits per heavy atom. The van der Waals surface area contributed by atoms with Crippen molar-refractivity contribution in [1.82, 2.24) is 10.6 Å². The average molecular weight is 401 g/mol. The average Bonchev–Trinajstić information content (AvgIpc) is 3.10. The van der Waals surface area contributed by atoms with Crippen LogP contribution in [0.4, 0.5) is 14.5 Å². The van der Waals surface area contributed by atoms with Gasteiger partial charge in [-0.15, -0.1) is 0 Å². The van der Waals surface area contributed by atoms with Crippen molar-refractivity contribution in [2.45, 2.75) is 38.8 Å². The first-order valence-corrected chi connectivity index (χ1v) is 10.9. The van der Waals surface area contributed by atoms with Crippen LogP contribution in [0.2, 0.25) is 0 Å². The SMILES string of the molecule is CCNC(=NCCCCSC)NC1CCN(c2ccccc2OC(F)F)C1. The van der Waals surface area contributed by atoms with Crippen LogP contribution in [0, 0.1) is 0 Å². The molecule has 1 aromatic carbocycles. The quantitative estimate of drug-likeness (QED) is 0.357. The Balaban J connectivity index is 1.91. The van der Waals surface area contributed by atoms with E-state index in [4.69, 9.17) is 0 Å². The number of rotatable bonds is 10. The molecule has 1 heterocycles. The van der Waals surface area contributed by atoms with Crippen LogP contribution in [-0.4, -0.2) is 56.8 Å². The second kappa shape index (κ2) is 11.9. The van der Waals surface area contributed by atoms with Gasteiger partial charge in [0.05, 0.1) is 5.69 Å². The molecule has 0 saturated carbocycles. The molecule has 8 heteroatoms. The number of nitrogens with one attached hydrogen (secondary N) is 2. The summed E-state index contributed by atoms with van der Waals surface area (Å²) >= 11 is 1.86. The molecule has 152 valence electrons. The molecule has 0 amide bonds. The summed E-state index contributed by atoms with van der Waals surface area (Å²) in [5.74, 6) is 2.21. The fourth-order valence-electron chi connectivity index (χ4n) is 3.07. The van der Waals surface area contributed by atoms with Crippen LogP contribution in [0.3, 0.4) is 0 Å². The summed E-state index contributed by atoms with van der Waals surface area (Å²) in [7, 11) is 0. The summed E-state index contributed by atoms with van der Waals surface area (Å²) in [5, 5.41) is 6.75. The Morgan fingerprint density at radius 1 is 1.37 bits per heavy atom. The second-order valence-corrected chi connectivity index (χ2v) is 7.37. The molecule has 1 aromatic rings. The summed E-state index contributed by atoms with van der Waals surface area (Å²) in [6.45, 7) is 2.34. The van der Waals surface area contributed by atoms with Crippen LogP contribution in [0.1, 0.15) is 26.2 Å². The van der Waals surface area contributed by atoms with E-state index in [9.17, 15) is 8.78 Å². The van der Waals surface area contributed by atoms with E-state index in [1.165, 1.54) is 6.42 Å². The number of ether oxygens (including phenoxy) is 1. The minimum atomic E-state index is -2.82. The van der Waals surface area contributed by atoms with E-state index in [0.29, 0.717) is 5.69 Å². The van der Waals surface area contributed by atoms with E-state index in [-0.39, 0.29) is 11.8 Å². The number of hydrogen-bond donors (Lipinski definition) is 2. The number of benzene rings is 1. The van der Waals surface area contributed by atoms with E-state index in [0.717, 1.165) is 50.7 Å². The van der Waals surface area contributed by atoms with Crippen molar-refractivity contribution in [2.75, 3.05) is 43.1 Å². The van der Waals surface area contributed by atoms with E-state index >= 15 is 0 Å². The third-order valence-corrected chi connectivity index (χ3v) is 5.02. The third kappa shape index (κ3) is 7.44. The molecule has 1 atom stereocenters. The Morgan fingerprint density at radius 2 is 2.19 bits per heavy atom. The van der Waals surface area contributed by atoms with Gasteiger partial charge in [0.2, 0.25) is 0 Å². The number of guanidine groups is 1. The van der Waals surface area contributed by atoms with E-state index in [1.807, 2.05) is 30.8 Å². The number of anilines is 1. The summed E-state index contributed by atoms with van der Waals surface area (Å²) in [5.41, 5.74) is 0.709. The fraction of sp³-hybridized carbons (Fsp3) is 0.632. The van der Waals surface area contributed by atoms with Gasteiger partial charge >= 0.3 is 6.61 Å². The van der Waals surface area contributed by atoms with Crippen molar-refractivity contribution < 1.29 is 13.5 Å². The molecule has 0 aromatic heterocycles. The highest BCUT2D eigenvalue weighted by molar-refractivity contribution is 7.98. The lowest BCUT2D eigenvalue weighted by Crippen LogP contribution is -2.44. The lowest BCUT2D eigenvalue weighted by Gasteiger charge is -2.22. The topological polar surface area (TPSA) is 48.9 Å². The monoisotopic (exact) mass is 400 g/mol. The van der Waals surface area contributed by atoms with Crippen LogP contribution in [0.25, 0.3) is 0 Å². The van der Waals surface area contributed by atoms with Gasteiger partial charge in [-0.1, -0.05) is 12.1 Å². The number of aliphatic imine (C=N–C) groups is 1. The molecule has 27 heavy (non-hydrogen) atoms. The molecule has 1 aliphatic heterocycles. The van der Waals surface area contributed by atoms with Crippen LogP contribution in [0.5, 0.6) is 5.75 Å². The number of unbranched alkanes of at least 4 members (excludes halogenated alkanes) is 1. The maximum atomic E-state index is 12.6. The van der Waals surface area contributed by atoms with Gasteiger partial charge in [0, 0.05) is 32.2 Å². The minimum Gasteiger partial charge on any atom is -0.433 e. The molecule has 1 saturated heterocycles. The molecule has 0 aliphatic carbocycles. The van der Waals surface area contributed by atoms with Crippen molar-refractivity contribution in [3.05, 3.63) is 24.3 Å². The highest BCUT2D eigenvalue weighted by atomic mass is 32.2. The number of halogens is 2. The van der Waals surface area contributed by atoms with Crippen molar-refractivity contribution in [3.8, 4) is 5.75 Å². The van der Waals surface area contributed by atoms with Crippen LogP contribution >= 0.6 is 11.8 Å². The molecule has 1 fully saturated rings. The molecular weight excluding hydrogens is 370 g/mol. The maximum Gasteiger partial charge on any atom is 0.387 e. The molecule has 2 N–H and O–H groups in total. The highest BCUT2D eigenvalue weighted by Gasteiger charge is 2.25. The van der Waals surface area contributed by atoms with Gasteiger partial charge in [0.1, 0.15) is 5.75 Å². The van der Waals surface area contributed by atoms with Gasteiger partial charge in [-0.2, -0.15) is 20.5 Å². The summed E-state index contributed by atoms with van der Waals surface area (Å²) in [6.07, 6.45) is 5.28. The van der Waals surface area contributed by atoms with Gasteiger partial charge in [0.15, 0.2) is 5.96 Å². The Kier molecular flexibility index (Phi) is 9.52. The van der Waals surface area contributed by atoms with Gasteiger partial charge in [0.25, 0.3) is 0 Å². The van der Waals surface area contributed by atoms with Gasteiger partial charge in [-0.05, 0) is 50.3 Å². The Bertz CT molecular complexity index is 589. The van der Waals surface area contributed by atoms with Crippen LogP contribution < -0.4 is 20.3 Å². The largest absolute Gasteiger partial charge is 0.433 e. The zero-order valence-corrected chi connectivity index (χ0v) is 16.9. The van der Waals surface area contributed by atoms with Gasteiger partial charge < -0.3 is 20.3 Å². The van der Waals surface area contributed by atoms with Crippen molar-refractivity contribution in [1.29, 1.82) is 0 Å². The Labute approximate surface area is 164 Å². The molecule has 0 radical (unpaired) electrons. The summed E-state index contributed by atoms with van der Waals surface area (Å²) < 4.78 is 29.9. The molecule has 1 aliphatic rings.